The first kappa shape index (κ1) is 67.1. The lowest BCUT2D eigenvalue weighted by Gasteiger charge is -2.49. The molecule has 0 aliphatic heterocycles. The third kappa shape index (κ3) is 12.8. The third-order valence-electron chi connectivity index (χ3n) is 29.5. The first-order chi connectivity index (χ1) is 61.9. The van der Waals surface area contributed by atoms with Gasteiger partial charge < -0.3 is 0 Å². The van der Waals surface area contributed by atoms with Gasteiger partial charge in [0.2, 0.25) is 22.8 Å². The molecule has 120 heavy (non-hydrogen) atoms. The van der Waals surface area contributed by atoms with E-state index in [2.05, 4.69) is 305 Å². The molecule has 20 rings (SSSR count). The molecule has 0 radical (unpaired) electrons. The Bertz CT molecular complexity index is 7410. The van der Waals surface area contributed by atoms with Gasteiger partial charge in [-0.2, -0.15) is 0 Å². The Balaban J connectivity index is 0.000000123. The van der Waals surface area contributed by atoms with E-state index in [1.807, 2.05) is 70.7 Å². The summed E-state index contributed by atoms with van der Waals surface area (Å²) in [5, 5.41) is 10.2. The van der Waals surface area contributed by atoms with Crippen LogP contribution in [0.4, 0.5) is 0 Å². The van der Waals surface area contributed by atoms with Crippen molar-refractivity contribution in [3.8, 4) is 89.5 Å². The van der Waals surface area contributed by atoms with Crippen molar-refractivity contribution < 1.29 is 34.7 Å². The fourth-order valence-electron chi connectivity index (χ4n) is 21.1. The van der Waals surface area contributed by atoms with E-state index in [0.717, 1.165) is 41.2 Å². The number of hydrogen-bond acceptors (Lipinski definition) is 0. The molecule has 4 nitrogen and oxygen atoms in total. The third-order valence-corrected chi connectivity index (χ3v) is 29.5. The van der Waals surface area contributed by atoms with Crippen molar-refractivity contribution in [2.45, 2.75) is 184 Å². The average Bonchev–Trinajstić information content (AvgIpc) is 0.677. The summed E-state index contributed by atoms with van der Waals surface area (Å²) in [4.78, 5) is 0. The summed E-state index contributed by atoms with van der Waals surface area (Å²) in [5.74, 6) is 0. The summed E-state index contributed by atoms with van der Waals surface area (Å²) in [6.45, 7) is 28.5. The maximum Gasteiger partial charge on any atom is 0.212 e. The van der Waals surface area contributed by atoms with Crippen LogP contribution in [0.5, 0.6) is 0 Å². The van der Waals surface area contributed by atoms with Crippen LogP contribution in [-0.2, 0) is 73.5 Å². The molecule has 4 aliphatic carbocycles. The molecule has 0 unspecified atom stereocenters. The van der Waals surface area contributed by atoms with E-state index in [0.29, 0.717) is 22.3 Å². The number of pyridine rings is 4. The second-order valence-corrected chi connectivity index (χ2v) is 37.7. The standard InChI is InChI=1S/3C30H32N.C26H24N/c1-19-12-17-26(31(7)18-19)22-14-15-24-27-23-11-9-8-10-21(23)13-16-25(27)29(3,4)30(5,6)28(24)20(22)2;1-19-12-17-25(31(7)18-19)26-20(2)13-15-23-27-22-11-9-8-10-21(22)14-16-24(27)29(3,4)30(5,6)28(23)26;1-19-12-15-26(31(7)18-19)27-20(2)13-14-23-24-16-21-10-8-9-11-22(21)17-25(24)29(3,4)30(5,6)28(23)27;1-17-8-15-24(27(3)16-17)25-18(2)9-13-23-22(25)14-12-20-11-10-19-6-4-5-7-21(19)26(20)23/h3*8-18H,1-7H3;4-11,13,15-16H,12,14H2,1-3H3/q4*+1/i4*1D3. The predicted octanol–water partition coefficient (Wildman–Crippen LogP) is 27.3. The summed E-state index contributed by atoms with van der Waals surface area (Å²) in [5.41, 5.74) is 35.9. The number of aryl methyl sites for hydroxylation is 12. The molecule has 0 spiro atoms. The van der Waals surface area contributed by atoms with Gasteiger partial charge in [0, 0.05) is 79.4 Å². The molecular weight excluding hydrogens is 1450 g/mol. The Morgan fingerprint density at radius 1 is 0.258 bits per heavy atom. The molecule has 600 valence electrons. The minimum atomic E-state index is -2.12. The van der Waals surface area contributed by atoms with Gasteiger partial charge in [0.05, 0.1) is 16.7 Å². The van der Waals surface area contributed by atoms with Gasteiger partial charge in [-0.05, 0) is 286 Å². The van der Waals surface area contributed by atoms with E-state index in [1.54, 1.807) is 49.1 Å². The highest BCUT2D eigenvalue weighted by Gasteiger charge is 2.52. The van der Waals surface area contributed by atoms with Crippen LogP contribution in [0.25, 0.3) is 133 Å². The largest absolute Gasteiger partial charge is 0.212 e. The summed E-state index contributed by atoms with van der Waals surface area (Å²) in [6, 6.07) is 85.6. The van der Waals surface area contributed by atoms with Crippen LogP contribution in [-0.4, -0.2) is 0 Å². The van der Waals surface area contributed by atoms with Crippen LogP contribution < -0.4 is 18.3 Å². The Morgan fingerprint density at radius 2 is 0.608 bits per heavy atom. The molecule has 0 N–H and O–H groups in total. The lowest BCUT2D eigenvalue weighted by molar-refractivity contribution is -0.660. The topological polar surface area (TPSA) is 15.5 Å². The lowest BCUT2D eigenvalue weighted by Crippen LogP contribution is -2.44. The van der Waals surface area contributed by atoms with E-state index < -0.39 is 27.4 Å². The smallest absolute Gasteiger partial charge is 0.201 e. The Morgan fingerprint density at radius 3 is 1.07 bits per heavy atom. The number of hydrogen-bond donors (Lipinski definition) is 0. The summed E-state index contributed by atoms with van der Waals surface area (Å²) in [7, 11) is 7.77. The fraction of sp³-hybridized carbons (Fsp3) is 0.276. The summed E-state index contributed by atoms with van der Waals surface area (Å²) < 4.78 is 101. The molecule has 0 bridgehead atoms. The Hall–Kier alpha value is -11.7. The van der Waals surface area contributed by atoms with Crippen LogP contribution in [0.3, 0.4) is 0 Å². The first-order valence-electron chi connectivity index (χ1n) is 48.6. The molecule has 16 aromatic rings. The molecule has 4 aliphatic rings. The van der Waals surface area contributed by atoms with Crippen molar-refractivity contribution in [1.29, 1.82) is 0 Å². The minimum Gasteiger partial charge on any atom is -0.201 e. The van der Waals surface area contributed by atoms with Crippen molar-refractivity contribution in [1.82, 2.24) is 0 Å². The minimum absolute atomic E-state index is 0.0734. The second-order valence-electron chi connectivity index (χ2n) is 37.7. The zero-order valence-electron chi connectivity index (χ0n) is 85.6. The van der Waals surface area contributed by atoms with Crippen LogP contribution in [0.1, 0.15) is 189 Å². The van der Waals surface area contributed by atoms with Crippen molar-refractivity contribution in [2.24, 2.45) is 28.2 Å². The first-order valence-corrected chi connectivity index (χ1v) is 42.6. The van der Waals surface area contributed by atoms with E-state index in [1.165, 1.54) is 171 Å². The summed E-state index contributed by atoms with van der Waals surface area (Å²) in [6.07, 6.45) is 8.99. The molecule has 0 fully saturated rings. The summed E-state index contributed by atoms with van der Waals surface area (Å²) >= 11 is 0. The molecule has 4 heteroatoms. The van der Waals surface area contributed by atoms with Gasteiger partial charge in [-0.1, -0.05) is 259 Å². The van der Waals surface area contributed by atoms with Crippen LogP contribution in [0.2, 0.25) is 0 Å². The van der Waals surface area contributed by atoms with Crippen molar-refractivity contribution in [3.63, 3.8) is 0 Å². The molecule has 4 heterocycles. The number of rotatable bonds is 4. The average molecular weight is 1580 g/mol. The van der Waals surface area contributed by atoms with E-state index in [-0.39, 0.29) is 32.5 Å². The van der Waals surface area contributed by atoms with E-state index in [4.69, 9.17) is 16.4 Å². The van der Waals surface area contributed by atoms with Gasteiger partial charge >= 0.3 is 0 Å². The molecule has 4 aromatic heterocycles. The van der Waals surface area contributed by atoms with Gasteiger partial charge in [0.25, 0.3) is 0 Å². The number of fused-ring (bicyclic) bond motifs is 19. The Labute approximate surface area is 731 Å². The zero-order valence-corrected chi connectivity index (χ0v) is 73.6. The molecular formula is C116H120N4+4. The van der Waals surface area contributed by atoms with Gasteiger partial charge in [0.15, 0.2) is 24.8 Å². The molecule has 0 amide bonds. The SMILES string of the molecule is [2H]C([2H])([2H])c1ccc(-c2c(C)ccc3c2C(C)(C)C(C)(C)c2cc4ccccc4cc2-3)[n+](C)c1.[2H]C([2H])([2H])c1ccc(-c2c(C)ccc3c2C(C)(C)C(C)(C)c2ccc4ccccc4c2-3)[n+](C)c1.[2H]C([2H])([2H])c1ccc(-c2c(C)ccc3c2CCc2ccc4ccccc4c2-3)[n+](C)c1.[2H]C([2H])([2H])c1ccc(-c2ccc3c(c2C)C(C)(C)C(C)(C)c2ccc4ccccc4c2-3)[n+](C)c1. The quantitative estimate of drug-likeness (QED) is 0.156. The van der Waals surface area contributed by atoms with Crippen LogP contribution in [0, 0.1) is 55.1 Å². The molecule has 0 saturated heterocycles. The number of benzene rings is 12. The number of nitrogens with zero attached hydrogens (tertiary/aromatic N) is 4. The maximum absolute atomic E-state index is 7.83. The van der Waals surface area contributed by atoms with Crippen LogP contribution >= 0.6 is 0 Å². The Kier molecular flexibility index (Phi) is 16.6. The van der Waals surface area contributed by atoms with Gasteiger partial charge in [-0.3, -0.25) is 0 Å². The highest BCUT2D eigenvalue weighted by atomic mass is 14.9. The predicted molar refractivity (Wildman–Crippen MR) is 507 cm³/mol. The van der Waals surface area contributed by atoms with Gasteiger partial charge in [-0.25, -0.2) is 18.3 Å². The van der Waals surface area contributed by atoms with Crippen LogP contribution in [0.15, 0.2) is 267 Å². The van der Waals surface area contributed by atoms with E-state index in [9.17, 15) is 0 Å². The zero-order chi connectivity index (χ0) is 94.9. The lowest BCUT2D eigenvalue weighted by atomic mass is 9.54. The molecule has 12 aromatic carbocycles. The number of aromatic nitrogens is 4. The normalized spacial score (nSPS) is 17.2. The van der Waals surface area contributed by atoms with Crippen molar-refractivity contribution in [3.05, 3.63) is 356 Å². The highest BCUT2D eigenvalue weighted by Crippen LogP contribution is 2.61. The van der Waals surface area contributed by atoms with E-state index >= 15 is 0 Å². The van der Waals surface area contributed by atoms with Crippen molar-refractivity contribution >= 4 is 43.1 Å². The molecule has 0 saturated carbocycles. The highest BCUT2D eigenvalue weighted by molar-refractivity contribution is 6.05. The van der Waals surface area contributed by atoms with Crippen molar-refractivity contribution in [2.75, 3.05) is 0 Å². The van der Waals surface area contributed by atoms with Gasteiger partial charge in [-0.15, -0.1) is 0 Å². The van der Waals surface area contributed by atoms with Gasteiger partial charge in [0.1, 0.15) is 28.2 Å². The fourth-order valence-corrected chi connectivity index (χ4v) is 21.1. The second kappa shape index (κ2) is 29.6. The maximum atomic E-state index is 7.83. The molecule has 0 atom stereocenters. The monoisotopic (exact) mass is 1580 g/mol.